The maximum Gasteiger partial charge on any atom is 0.321 e. The first-order valence-electron chi connectivity index (χ1n) is 9.49. The summed E-state index contributed by atoms with van der Waals surface area (Å²) in [6, 6.07) is 10.1. The van der Waals surface area contributed by atoms with Gasteiger partial charge in [-0.1, -0.05) is 23.7 Å². The lowest BCUT2D eigenvalue weighted by Crippen LogP contribution is -2.37. The van der Waals surface area contributed by atoms with Crippen molar-refractivity contribution in [3.8, 4) is 5.75 Å². The highest BCUT2D eigenvalue weighted by atomic mass is 35.5. The van der Waals surface area contributed by atoms with Crippen LogP contribution >= 0.6 is 22.9 Å². The molecule has 0 bridgehead atoms. The third-order valence-corrected chi connectivity index (χ3v) is 6.74. The summed E-state index contributed by atoms with van der Waals surface area (Å²) in [5, 5.41) is 6.17. The van der Waals surface area contributed by atoms with Crippen LogP contribution in [-0.2, 0) is 5.41 Å². The van der Waals surface area contributed by atoms with E-state index in [4.69, 9.17) is 16.3 Å². The molecule has 0 saturated carbocycles. The number of nitrogens with one attached hydrogen (secondary N) is 1. The Hall–Kier alpha value is -2.64. The van der Waals surface area contributed by atoms with Crippen LogP contribution < -0.4 is 10.1 Å². The van der Waals surface area contributed by atoms with Crippen molar-refractivity contribution >= 4 is 34.7 Å². The lowest BCUT2D eigenvalue weighted by Gasteiger charge is -2.28. The van der Waals surface area contributed by atoms with E-state index < -0.39 is 5.41 Å². The van der Waals surface area contributed by atoms with Gasteiger partial charge in [-0.05, 0) is 48.7 Å². The van der Waals surface area contributed by atoms with Crippen LogP contribution in [0.25, 0.3) is 0 Å². The van der Waals surface area contributed by atoms with E-state index in [1.807, 2.05) is 11.4 Å². The van der Waals surface area contributed by atoms with Crippen LogP contribution in [0.5, 0.6) is 5.75 Å². The van der Waals surface area contributed by atoms with Gasteiger partial charge in [0.05, 0.1) is 18.2 Å². The molecule has 0 spiro atoms. The average Bonchev–Trinajstić information content (AvgIpc) is 3.41. The molecule has 1 atom stereocenters. The van der Waals surface area contributed by atoms with E-state index in [1.54, 1.807) is 48.4 Å². The number of hydrogen-bond donors (Lipinski definition) is 1. The van der Waals surface area contributed by atoms with E-state index >= 15 is 0 Å². The first-order valence-corrected chi connectivity index (χ1v) is 10.7. The van der Waals surface area contributed by atoms with E-state index in [1.165, 1.54) is 18.4 Å². The Bertz CT molecular complexity index is 1080. The number of carbonyl (C=O) groups is 1. The minimum atomic E-state index is -0.543. The maximum absolute atomic E-state index is 14.4. The lowest BCUT2D eigenvalue weighted by atomic mass is 9.80. The van der Waals surface area contributed by atoms with Crippen LogP contribution in [0.3, 0.4) is 0 Å². The third-order valence-electron chi connectivity index (χ3n) is 5.53. The van der Waals surface area contributed by atoms with Gasteiger partial charge in [0.15, 0.2) is 0 Å². The van der Waals surface area contributed by atoms with Crippen molar-refractivity contribution in [2.45, 2.75) is 18.8 Å². The van der Waals surface area contributed by atoms with Gasteiger partial charge in [0.2, 0.25) is 0 Å². The minimum absolute atomic E-state index is 0.255. The zero-order chi connectivity index (χ0) is 21.3. The predicted octanol–water partition coefficient (Wildman–Crippen LogP) is 5.48. The third kappa shape index (κ3) is 3.75. The quantitative estimate of drug-likeness (QED) is 0.578. The summed E-state index contributed by atoms with van der Waals surface area (Å²) in [4.78, 5) is 19.3. The number of ether oxygens (including phenoxy) is 1. The number of aromatic nitrogens is 1. The molecule has 1 aromatic heterocycles. The van der Waals surface area contributed by atoms with Gasteiger partial charge in [-0.3, -0.25) is 0 Å². The summed E-state index contributed by atoms with van der Waals surface area (Å²) < 4.78 is 19.7. The fourth-order valence-corrected chi connectivity index (χ4v) is 4.89. The molecule has 0 radical (unpaired) electrons. The predicted molar refractivity (Wildman–Crippen MR) is 117 cm³/mol. The molecule has 1 aliphatic heterocycles. The van der Waals surface area contributed by atoms with Gasteiger partial charge in [0, 0.05) is 29.7 Å². The second-order valence-electron chi connectivity index (χ2n) is 7.33. The van der Waals surface area contributed by atoms with Crippen LogP contribution in [0.4, 0.5) is 14.9 Å². The van der Waals surface area contributed by atoms with Gasteiger partial charge < -0.3 is 15.0 Å². The van der Waals surface area contributed by atoms with Gasteiger partial charge in [-0.2, -0.15) is 0 Å². The highest BCUT2D eigenvalue weighted by Gasteiger charge is 2.45. The number of amides is 2. The van der Waals surface area contributed by atoms with Crippen LogP contribution in [-0.4, -0.2) is 36.1 Å². The molecule has 2 heterocycles. The van der Waals surface area contributed by atoms with Crippen LogP contribution in [0.15, 0.2) is 48.0 Å². The van der Waals surface area contributed by atoms with E-state index in [0.717, 1.165) is 10.6 Å². The lowest BCUT2D eigenvalue weighted by molar-refractivity contribution is 0.220. The normalized spacial score (nSPS) is 18.5. The summed E-state index contributed by atoms with van der Waals surface area (Å²) in [5.74, 6) is 0.272. The number of rotatable bonds is 4. The summed E-state index contributed by atoms with van der Waals surface area (Å²) in [7, 11) is 1.54. The molecule has 3 aromatic rings. The molecule has 8 heteroatoms. The van der Waals surface area contributed by atoms with E-state index in [9.17, 15) is 9.18 Å². The summed E-state index contributed by atoms with van der Waals surface area (Å²) >= 11 is 7.59. The Labute approximate surface area is 183 Å². The number of methoxy groups -OCH3 is 1. The summed E-state index contributed by atoms with van der Waals surface area (Å²) in [6.07, 6.45) is 2.40. The maximum atomic E-state index is 14.4. The molecule has 0 unspecified atom stereocenters. The SMILES string of the molecule is COc1ccc(Cl)cc1NC(=O)N1CC[C@](c2ccc(C)c(F)c2)(c2nccs2)C1. The highest BCUT2D eigenvalue weighted by molar-refractivity contribution is 7.09. The second-order valence-corrected chi connectivity index (χ2v) is 8.66. The number of thiazole rings is 1. The molecule has 156 valence electrons. The smallest absolute Gasteiger partial charge is 0.321 e. The number of halogens is 2. The minimum Gasteiger partial charge on any atom is -0.495 e. The first kappa shape index (κ1) is 20.6. The second kappa shape index (κ2) is 8.24. The molecule has 5 nitrogen and oxygen atoms in total. The zero-order valence-electron chi connectivity index (χ0n) is 16.6. The monoisotopic (exact) mass is 445 g/mol. The average molecular weight is 446 g/mol. The number of aryl methyl sites for hydroxylation is 1. The topological polar surface area (TPSA) is 54.5 Å². The number of hydrogen-bond acceptors (Lipinski definition) is 4. The van der Waals surface area contributed by atoms with Crippen molar-refractivity contribution in [1.29, 1.82) is 0 Å². The number of benzene rings is 2. The van der Waals surface area contributed by atoms with E-state index in [2.05, 4.69) is 10.3 Å². The van der Waals surface area contributed by atoms with E-state index in [-0.39, 0.29) is 11.8 Å². The number of likely N-dealkylation sites (tertiary alicyclic amines) is 1. The molecule has 1 N–H and O–H groups in total. The Kier molecular flexibility index (Phi) is 5.66. The number of nitrogens with zero attached hydrogens (tertiary/aromatic N) is 2. The molecule has 4 rings (SSSR count). The van der Waals surface area contributed by atoms with Crippen LogP contribution in [0, 0.1) is 12.7 Å². The van der Waals surface area contributed by atoms with Gasteiger partial charge in [0.25, 0.3) is 0 Å². The van der Waals surface area contributed by atoms with Crippen molar-refractivity contribution in [1.82, 2.24) is 9.88 Å². The molecule has 2 aromatic carbocycles. The molecule has 1 aliphatic rings. The number of anilines is 1. The fraction of sp³-hybridized carbons (Fsp3) is 0.273. The largest absolute Gasteiger partial charge is 0.495 e. The highest BCUT2D eigenvalue weighted by Crippen LogP contribution is 2.42. The molecule has 0 aliphatic carbocycles. The van der Waals surface area contributed by atoms with Crippen molar-refractivity contribution in [2.75, 3.05) is 25.5 Å². The van der Waals surface area contributed by atoms with Crippen molar-refractivity contribution in [2.24, 2.45) is 0 Å². The van der Waals surface area contributed by atoms with Gasteiger partial charge in [0.1, 0.15) is 16.6 Å². The summed E-state index contributed by atoms with van der Waals surface area (Å²) in [5.41, 5.74) is 1.38. The van der Waals surface area contributed by atoms with Crippen LogP contribution in [0.2, 0.25) is 5.02 Å². The first-order chi connectivity index (χ1) is 14.4. The standard InChI is InChI=1S/C22H21ClFN3O2S/c1-14-3-4-15(11-17(14)24)22(20-25-8-10-30-20)7-9-27(13-22)21(28)26-18-12-16(23)5-6-19(18)29-2/h3-6,8,10-12H,7,9,13H2,1-2H3,(H,26,28)/t22-/m0/s1. The Morgan fingerprint density at radius 1 is 1.33 bits per heavy atom. The number of urea groups is 1. The van der Waals surface area contributed by atoms with E-state index in [0.29, 0.717) is 41.5 Å². The molecular weight excluding hydrogens is 425 g/mol. The molecule has 30 heavy (non-hydrogen) atoms. The molecular formula is C22H21ClFN3O2S. The summed E-state index contributed by atoms with van der Waals surface area (Å²) in [6.45, 7) is 2.66. The van der Waals surface area contributed by atoms with Gasteiger partial charge in [-0.25, -0.2) is 14.2 Å². The fourth-order valence-electron chi connectivity index (χ4n) is 3.84. The van der Waals surface area contributed by atoms with Gasteiger partial charge >= 0.3 is 6.03 Å². The van der Waals surface area contributed by atoms with Crippen molar-refractivity contribution in [3.63, 3.8) is 0 Å². The Morgan fingerprint density at radius 2 is 2.17 bits per heavy atom. The van der Waals surface area contributed by atoms with Crippen molar-refractivity contribution in [3.05, 3.63) is 74.9 Å². The Morgan fingerprint density at radius 3 is 2.87 bits per heavy atom. The molecule has 1 fully saturated rings. The number of carbonyl (C=O) groups excluding carboxylic acids is 1. The van der Waals surface area contributed by atoms with Crippen LogP contribution in [0.1, 0.15) is 22.6 Å². The Balaban J connectivity index is 1.63. The molecule has 2 amide bonds. The van der Waals surface area contributed by atoms with Crippen molar-refractivity contribution < 1.29 is 13.9 Å². The molecule has 1 saturated heterocycles. The zero-order valence-corrected chi connectivity index (χ0v) is 18.2. The van der Waals surface area contributed by atoms with Gasteiger partial charge in [-0.15, -0.1) is 11.3 Å².